The summed E-state index contributed by atoms with van der Waals surface area (Å²) in [5.74, 6) is -1.07. The molecule has 0 saturated carbocycles. The number of hydrogen-bond acceptors (Lipinski definition) is 7. The summed E-state index contributed by atoms with van der Waals surface area (Å²) in [6, 6.07) is 26.0. The average molecular weight is 613 g/mol. The fraction of sp³-hybridized carbons (Fsp3) is 0.212. The van der Waals surface area contributed by atoms with Gasteiger partial charge >= 0.3 is 0 Å². The van der Waals surface area contributed by atoms with E-state index in [-0.39, 0.29) is 31.0 Å². The molecular weight excluding hydrogens is 582 g/mol. The van der Waals surface area contributed by atoms with Crippen LogP contribution in [0.2, 0.25) is 0 Å². The second-order valence-corrected chi connectivity index (χ2v) is 10.2. The number of rotatable bonds is 13. The zero-order valence-electron chi connectivity index (χ0n) is 24.1. The summed E-state index contributed by atoms with van der Waals surface area (Å²) in [5.41, 5.74) is 15.0. The quantitative estimate of drug-likeness (QED) is 0.0559. The molecule has 4 aromatic carbocycles. The maximum atomic E-state index is 14.3. The van der Waals surface area contributed by atoms with Crippen LogP contribution < -0.4 is 15.6 Å². The first-order valence-corrected chi connectivity index (χ1v) is 14.2. The summed E-state index contributed by atoms with van der Waals surface area (Å²) >= 11 is 0. The summed E-state index contributed by atoms with van der Waals surface area (Å²) in [5, 5.41) is 12.8. The first kappa shape index (κ1) is 31.1. The average Bonchev–Trinajstić information content (AvgIpc) is 3.45. The summed E-state index contributed by atoms with van der Waals surface area (Å²) in [6.07, 6.45) is -0.471. The third-order valence-electron chi connectivity index (χ3n) is 7.22. The zero-order chi connectivity index (χ0) is 31.6. The van der Waals surface area contributed by atoms with Crippen molar-refractivity contribution in [3.8, 4) is 5.75 Å². The number of amides is 1. The molecule has 0 radical (unpaired) electrons. The molecule has 0 fully saturated rings. The molecule has 0 saturated heterocycles. The van der Waals surface area contributed by atoms with E-state index in [2.05, 4.69) is 20.9 Å². The highest BCUT2D eigenvalue weighted by Crippen LogP contribution is 2.43. The van der Waals surface area contributed by atoms with Crippen LogP contribution in [0.4, 0.5) is 14.5 Å². The second kappa shape index (κ2) is 14.5. The Morgan fingerprint density at radius 1 is 1.02 bits per heavy atom. The molecule has 0 spiro atoms. The minimum atomic E-state index is -1.64. The van der Waals surface area contributed by atoms with Gasteiger partial charge in [-0.3, -0.25) is 10.2 Å². The van der Waals surface area contributed by atoms with Crippen LogP contribution in [-0.2, 0) is 22.5 Å². The number of ether oxygens (including phenoxy) is 2. The van der Waals surface area contributed by atoms with E-state index < -0.39 is 29.2 Å². The van der Waals surface area contributed by atoms with E-state index in [1.807, 2.05) is 30.3 Å². The van der Waals surface area contributed by atoms with Crippen molar-refractivity contribution in [3.63, 3.8) is 0 Å². The SMILES string of the molecule is [N-]=[N+]=Nc1ccccc1C[C@]1(C(=O)NNCc2cc(F)ccc2F)N=C(c2ccc(OCCCO)cc2)O[C@H]1c1ccccc1. The van der Waals surface area contributed by atoms with Gasteiger partial charge in [0, 0.05) is 47.7 Å². The zero-order valence-corrected chi connectivity index (χ0v) is 24.1. The van der Waals surface area contributed by atoms with Crippen LogP contribution in [0.15, 0.2) is 107 Å². The van der Waals surface area contributed by atoms with Crippen molar-refractivity contribution in [2.24, 2.45) is 10.1 Å². The van der Waals surface area contributed by atoms with E-state index in [0.717, 1.165) is 18.2 Å². The van der Waals surface area contributed by atoms with Crippen LogP contribution in [0, 0.1) is 11.6 Å². The van der Waals surface area contributed by atoms with E-state index in [4.69, 9.17) is 19.6 Å². The van der Waals surface area contributed by atoms with E-state index in [1.165, 1.54) is 0 Å². The summed E-state index contributed by atoms with van der Waals surface area (Å²) in [7, 11) is 0. The molecule has 230 valence electrons. The van der Waals surface area contributed by atoms with Gasteiger partial charge in [-0.25, -0.2) is 19.2 Å². The Kier molecular flexibility index (Phi) is 10.0. The number of carbonyl (C=O) groups is 1. The Hall–Kier alpha value is -5.29. The van der Waals surface area contributed by atoms with Crippen molar-refractivity contribution in [1.29, 1.82) is 0 Å². The van der Waals surface area contributed by atoms with Crippen LogP contribution >= 0.6 is 0 Å². The predicted octanol–water partition coefficient (Wildman–Crippen LogP) is 5.99. The number of hydrogen-bond donors (Lipinski definition) is 3. The highest BCUT2D eigenvalue weighted by atomic mass is 19.1. The number of aliphatic hydroxyl groups excluding tert-OH is 1. The largest absolute Gasteiger partial charge is 0.494 e. The van der Waals surface area contributed by atoms with Crippen molar-refractivity contribution in [1.82, 2.24) is 10.9 Å². The van der Waals surface area contributed by atoms with Crippen LogP contribution in [0.25, 0.3) is 10.4 Å². The minimum absolute atomic E-state index is 0.0165. The van der Waals surface area contributed by atoms with Crippen molar-refractivity contribution >= 4 is 17.5 Å². The molecule has 5 rings (SSSR count). The van der Waals surface area contributed by atoms with Gasteiger partial charge in [0.2, 0.25) is 5.90 Å². The van der Waals surface area contributed by atoms with E-state index in [9.17, 15) is 19.1 Å². The second-order valence-electron chi connectivity index (χ2n) is 10.2. The van der Waals surface area contributed by atoms with Crippen molar-refractivity contribution in [3.05, 3.63) is 141 Å². The topological polar surface area (TPSA) is 141 Å². The van der Waals surface area contributed by atoms with Crippen molar-refractivity contribution < 1.29 is 28.2 Å². The number of halogens is 2. The van der Waals surface area contributed by atoms with Gasteiger partial charge in [-0.15, -0.1) is 0 Å². The number of hydrazine groups is 1. The molecule has 2 atom stereocenters. The summed E-state index contributed by atoms with van der Waals surface area (Å²) in [6.45, 7) is 0.165. The lowest BCUT2D eigenvalue weighted by atomic mass is 9.81. The highest BCUT2D eigenvalue weighted by Gasteiger charge is 2.53. The third kappa shape index (κ3) is 7.27. The van der Waals surface area contributed by atoms with Gasteiger partial charge in [-0.05, 0) is 59.1 Å². The van der Waals surface area contributed by atoms with Gasteiger partial charge in [-0.1, -0.05) is 59.7 Å². The Morgan fingerprint density at radius 3 is 2.53 bits per heavy atom. The summed E-state index contributed by atoms with van der Waals surface area (Å²) in [4.78, 5) is 22.1. The van der Waals surface area contributed by atoms with E-state index in [1.54, 1.807) is 48.5 Å². The Morgan fingerprint density at radius 2 is 1.78 bits per heavy atom. The van der Waals surface area contributed by atoms with Crippen LogP contribution in [0.3, 0.4) is 0 Å². The van der Waals surface area contributed by atoms with Gasteiger partial charge in [-0.2, -0.15) is 0 Å². The lowest BCUT2D eigenvalue weighted by Crippen LogP contribution is -2.53. The van der Waals surface area contributed by atoms with E-state index >= 15 is 0 Å². The van der Waals surface area contributed by atoms with Gasteiger partial charge in [0.25, 0.3) is 5.91 Å². The molecule has 0 unspecified atom stereocenters. The van der Waals surface area contributed by atoms with Gasteiger partial charge < -0.3 is 14.6 Å². The standard InChI is InChI=1S/C33H30F2N6O4/c34-26-13-16-28(35)25(19-26)21-37-40-32(43)33(20-24-9-4-5-10-29(24)39-41-36)30(22-7-2-1-3-8-22)45-31(38-33)23-11-14-27(15-12-23)44-18-6-17-42/h1-5,7-16,19,30,37,42H,6,17-18,20-21H2,(H,40,43)/t30-,33-/m0/s1. The molecule has 1 amide bonds. The summed E-state index contributed by atoms with van der Waals surface area (Å²) < 4.78 is 40.1. The van der Waals surface area contributed by atoms with Gasteiger partial charge in [0.05, 0.1) is 6.61 Å². The first-order valence-electron chi connectivity index (χ1n) is 14.2. The molecule has 4 aromatic rings. The minimum Gasteiger partial charge on any atom is -0.494 e. The molecule has 1 aliphatic rings. The Balaban J connectivity index is 1.54. The highest BCUT2D eigenvalue weighted by molar-refractivity contribution is 6.01. The molecular formula is C33H30F2N6O4. The molecule has 10 nitrogen and oxygen atoms in total. The molecule has 1 heterocycles. The lowest BCUT2D eigenvalue weighted by molar-refractivity contribution is -0.130. The first-order chi connectivity index (χ1) is 21.9. The lowest BCUT2D eigenvalue weighted by Gasteiger charge is -2.31. The van der Waals surface area contributed by atoms with Crippen LogP contribution in [-0.4, -0.2) is 35.7 Å². The number of aliphatic hydroxyl groups is 1. The monoisotopic (exact) mass is 612 g/mol. The normalized spacial score (nSPS) is 17.1. The molecule has 0 bridgehead atoms. The van der Waals surface area contributed by atoms with Crippen LogP contribution in [0.1, 0.15) is 34.8 Å². The third-order valence-corrected chi connectivity index (χ3v) is 7.22. The van der Waals surface area contributed by atoms with Crippen molar-refractivity contribution in [2.75, 3.05) is 13.2 Å². The van der Waals surface area contributed by atoms with Crippen molar-refractivity contribution in [2.45, 2.75) is 31.0 Å². The fourth-order valence-electron chi connectivity index (χ4n) is 5.01. The molecule has 1 aliphatic heterocycles. The number of carbonyl (C=O) groups excluding carboxylic acids is 1. The number of benzene rings is 4. The number of nitrogens with one attached hydrogen (secondary N) is 2. The Labute approximate surface area is 257 Å². The Bertz CT molecular complexity index is 1710. The predicted molar refractivity (Wildman–Crippen MR) is 163 cm³/mol. The number of aliphatic imine (C=N–C) groups is 1. The van der Waals surface area contributed by atoms with Gasteiger partial charge in [0.1, 0.15) is 17.4 Å². The smallest absolute Gasteiger partial charge is 0.266 e. The maximum Gasteiger partial charge on any atom is 0.266 e. The van der Waals surface area contributed by atoms with Gasteiger partial charge in [0.15, 0.2) is 11.6 Å². The molecule has 3 N–H and O–H groups in total. The van der Waals surface area contributed by atoms with Crippen LogP contribution in [0.5, 0.6) is 5.75 Å². The number of azide groups is 1. The fourth-order valence-corrected chi connectivity index (χ4v) is 5.01. The number of nitrogens with zero attached hydrogens (tertiary/aromatic N) is 4. The molecule has 45 heavy (non-hydrogen) atoms. The maximum absolute atomic E-state index is 14.3. The molecule has 12 heteroatoms. The molecule has 0 aliphatic carbocycles. The van der Waals surface area contributed by atoms with E-state index in [0.29, 0.717) is 41.2 Å². The molecule has 0 aromatic heterocycles.